The molecule has 0 aromatic carbocycles. The average molecular weight is 277 g/mol. The molecule has 0 radical (unpaired) electrons. The average Bonchev–Trinajstić information content (AvgIpc) is 2.45. The molecule has 2 heterocycles. The second kappa shape index (κ2) is 7.60. The van der Waals surface area contributed by atoms with Crippen LogP contribution in [0.1, 0.15) is 31.0 Å². The molecule has 1 saturated heterocycles. The zero-order valence-corrected chi connectivity index (χ0v) is 13.0. The van der Waals surface area contributed by atoms with E-state index in [0.717, 1.165) is 44.4 Å². The molecular weight excluding hydrogens is 250 g/mol. The molecule has 1 atom stereocenters. The monoisotopic (exact) mass is 277 g/mol. The molecule has 0 spiro atoms. The van der Waals surface area contributed by atoms with Gasteiger partial charge in [0.1, 0.15) is 5.82 Å². The van der Waals surface area contributed by atoms with Crippen molar-refractivity contribution in [3.05, 3.63) is 23.4 Å². The van der Waals surface area contributed by atoms with Crippen LogP contribution < -0.4 is 10.2 Å². The second-order valence-corrected chi connectivity index (χ2v) is 5.72. The third kappa shape index (κ3) is 4.46. The molecule has 1 aliphatic rings. The molecule has 1 aromatic rings. The van der Waals surface area contributed by atoms with Crippen LogP contribution in [-0.4, -0.2) is 38.3 Å². The van der Waals surface area contributed by atoms with Gasteiger partial charge in [0.15, 0.2) is 0 Å². The first kappa shape index (κ1) is 15.3. The van der Waals surface area contributed by atoms with Gasteiger partial charge in [0.05, 0.1) is 6.61 Å². The zero-order chi connectivity index (χ0) is 14.4. The summed E-state index contributed by atoms with van der Waals surface area (Å²) in [4.78, 5) is 6.93. The van der Waals surface area contributed by atoms with Crippen molar-refractivity contribution in [3.8, 4) is 0 Å². The smallest absolute Gasteiger partial charge is 0.128 e. The summed E-state index contributed by atoms with van der Waals surface area (Å²) in [6.07, 6.45) is 2.45. The van der Waals surface area contributed by atoms with E-state index in [1.165, 1.54) is 18.4 Å². The third-order valence-electron chi connectivity index (χ3n) is 3.76. The Balaban J connectivity index is 2.00. The molecular formula is C16H27N3O. The summed E-state index contributed by atoms with van der Waals surface area (Å²) in [5.41, 5.74) is 2.39. The molecule has 112 valence electrons. The highest BCUT2D eigenvalue weighted by Crippen LogP contribution is 2.19. The largest absolute Gasteiger partial charge is 0.381 e. The van der Waals surface area contributed by atoms with Gasteiger partial charge in [-0.2, -0.15) is 0 Å². The highest BCUT2D eigenvalue weighted by Gasteiger charge is 2.17. The highest BCUT2D eigenvalue weighted by atomic mass is 16.5. The van der Waals surface area contributed by atoms with Crippen LogP contribution in [0.3, 0.4) is 0 Å². The number of aromatic nitrogens is 1. The Bertz CT molecular complexity index is 416. The number of pyridine rings is 1. The first-order valence-electron chi connectivity index (χ1n) is 7.66. The molecule has 20 heavy (non-hydrogen) atoms. The minimum Gasteiger partial charge on any atom is -0.381 e. The van der Waals surface area contributed by atoms with E-state index in [4.69, 9.17) is 4.74 Å². The first-order valence-corrected chi connectivity index (χ1v) is 7.66. The van der Waals surface area contributed by atoms with Gasteiger partial charge in [0, 0.05) is 32.4 Å². The van der Waals surface area contributed by atoms with Crippen LogP contribution >= 0.6 is 0 Å². The molecule has 4 heteroatoms. The van der Waals surface area contributed by atoms with Crippen LogP contribution in [0.2, 0.25) is 0 Å². The fraction of sp³-hybridized carbons (Fsp3) is 0.688. The lowest BCUT2D eigenvalue weighted by Crippen LogP contribution is -2.31. The lowest BCUT2D eigenvalue weighted by molar-refractivity contribution is 0.0576. The normalized spacial score (nSPS) is 19.1. The fourth-order valence-corrected chi connectivity index (χ4v) is 2.72. The van der Waals surface area contributed by atoms with Gasteiger partial charge in [0.2, 0.25) is 0 Å². The maximum absolute atomic E-state index is 5.56. The van der Waals surface area contributed by atoms with Crippen LogP contribution in [-0.2, 0) is 11.3 Å². The van der Waals surface area contributed by atoms with E-state index in [1.54, 1.807) is 0 Å². The van der Waals surface area contributed by atoms with Crippen molar-refractivity contribution < 1.29 is 4.74 Å². The molecule has 0 bridgehead atoms. The summed E-state index contributed by atoms with van der Waals surface area (Å²) in [6, 6.07) is 4.35. The minimum atomic E-state index is 0.633. The van der Waals surface area contributed by atoms with Crippen molar-refractivity contribution in [2.24, 2.45) is 5.92 Å². The van der Waals surface area contributed by atoms with Gasteiger partial charge in [-0.3, -0.25) is 0 Å². The van der Waals surface area contributed by atoms with E-state index in [1.807, 2.05) is 0 Å². The van der Waals surface area contributed by atoms with Gasteiger partial charge in [-0.25, -0.2) is 4.98 Å². The van der Waals surface area contributed by atoms with Gasteiger partial charge < -0.3 is 15.0 Å². The fourth-order valence-electron chi connectivity index (χ4n) is 2.72. The van der Waals surface area contributed by atoms with Crippen molar-refractivity contribution in [2.45, 2.75) is 33.2 Å². The van der Waals surface area contributed by atoms with Crippen molar-refractivity contribution in [2.75, 3.05) is 38.3 Å². The molecule has 4 nitrogen and oxygen atoms in total. The lowest BCUT2D eigenvalue weighted by atomic mass is 10.0. The maximum atomic E-state index is 5.56. The summed E-state index contributed by atoms with van der Waals surface area (Å²) >= 11 is 0. The molecule has 0 aliphatic carbocycles. The van der Waals surface area contributed by atoms with Crippen LogP contribution in [0.15, 0.2) is 12.1 Å². The Hall–Kier alpha value is -1.13. The molecule has 1 fully saturated rings. The number of rotatable bonds is 6. The number of ether oxygens (including phenoxy) is 1. The number of hydrogen-bond donors (Lipinski definition) is 1. The van der Waals surface area contributed by atoms with Crippen molar-refractivity contribution in [3.63, 3.8) is 0 Å². The lowest BCUT2D eigenvalue weighted by Gasteiger charge is -2.28. The SMILES string of the molecule is CCNCc1cc(C)nc(N(C)CC2CCCOC2)c1. The van der Waals surface area contributed by atoms with Crippen molar-refractivity contribution in [1.29, 1.82) is 0 Å². The Morgan fingerprint density at radius 1 is 1.45 bits per heavy atom. The van der Waals surface area contributed by atoms with E-state index < -0.39 is 0 Å². The zero-order valence-electron chi connectivity index (χ0n) is 13.0. The van der Waals surface area contributed by atoms with E-state index in [-0.39, 0.29) is 0 Å². The van der Waals surface area contributed by atoms with Gasteiger partial charge >= 0.3 is 0 Å². The van der Waals surface area contributed by atoms with Gasteiger partial charge in [-0.05, 0) is 49.9 Å². The van der Waals surface area contributed by atoms with E-state index in [2.05, 4.69) is 48.2 Å². The molecule has 2 rings (SSSR count). The maximum Gasteiger partial charge on any atom is 0.128 e. The first-order chi connectivity index (χ1) is 9.69. The summed E-state index contributed by atoms with van der Waals surface area (Å²) in [5, 5.41) is 3.37. The number of hydrogen-bond acceptors (Lipinski definition) is 4. The van der Waals surface area contributed by atoms with Crippen LogP contribution in [0.5, 0.6) is 0 Å². The standard InChI is InChI=1S/C16H27N3O/c1-4-17-10-15-8-13(2)18-16(9-15)19(3)11-14-6-5-7-20-12-14/h8-9,14,17H,4-7,10-12H2,1-3H3. The number of nitrogens with one attached hydrogen (secondary N) is 1. The Labute approximate surface area is 122 Å². The third-order valence-corrected chi connectivity index (χ3v) is 3.76. The minimum absolute atomic E-state index is 0.633. The van der Waals surface area contributed by atoms with E-state index in [0.29, 0.717) is 5.92 Å². The van der Waals surface area contributed by atoms with Crippen LogP contribution in [0.4, 0.5) is 5.82 Å². The predicted molar refractivity (Wildman–Crippen MR) is 83.2 cm³/mol. The molecule has 1 aromatic heterocycles. The van der Waals surface area contributed by atoms with Gasteiger partial charge in [-0.15, -0.1) is 0 Å². The molecule has 0 amide bonds. The number of anilines is 1. The van der Waals surface area contributed by atoms with Crippen molar-refractivity contribution >= 4 is 5.82 Å². The summed E-state index contributed by atoms with van der Waals surface area (Å²) < 4.78 is 5.56. The summed E-state index contributed by atoms with van der Waals surface area (Å²) in [7, 11) is 2.13. The quantitative estimate of drug-likeness (QED) is 0.866. The predicted octanol–water partition coefficient (Wildman–Crippen LogP) is 2.36. The highest BCUT2D eigenvalue weighted by molar-refractivity contribution is 5.42. The molecule has 1 unspecified atom stereocenters. The topological polar surface area (TPSA) is 37.4 Å². The van der Waals surface area contributed by atoms with E-state index >= 15 is 0 Å². The molecule has 1 aliphatic heterocycles. The Kier molecular flexibility index (Phi) is 5.80. The number of nitrogens with zero attached hydrogens (tertiary/aromatic N) is 2. The Morgan fingerprint density at radius 3 is 3.00 bits per heavy atom. The summed E-state index contributed by atoms with van der Waals surface area (Å²) in [5.74, 6) is 1.71. The Morgan fingerprint density at radius 2 is 2.30 bits per heavy atom. The molecule has 1 N–H and O–H groups in total. The summed E-state index contributed by atoms with van der Waals surface area (Å²) in [6.45, 7) is 8.94. The van der Waals surface area contributed by atoms with E-state index in [9.17, 15) is 0 Å². The van der Waals surface area contributed by atoms with Crippen LogP contribution in [0.25, 0.3) is 0 Å². The van der Waals surface area contributed by atoms with Gasteiger partial charge in [-0.1, -0.05) is 6.92 Å². The van der Waals surface area contributed by atoms with Crippen LogP contribution in [0, 0.1) is 12.8 Å². The second-order valence-electron chi connectivity index (χ2n) is 5.72. The number of aryl methyl sites for hydroxylation is 1. The molecule has 0 saturated carbocycles. The van der Waals surface area contributed by atoms with Crippen molar-refractivity contribution in [1.82, 2.24) is 10.3 Å². The van der Waals surface area contributed by atoms with Gasteiger partial charge in [0.25, 0.3) is 0 Å².